The van der Waals surface area contributed by atoms with Gasteiger partial charge in [0.2, 0.25) is 0 Å². The van der Waals surface area contributed by atoms with Crippen molar-refractivity contribution in [3.63, 3.8) is 0 Å². The van der Waals surface area contributed by atoms with Crippen LogP contribution >= 0.6 is 0 Å². The zero-order valence-electron chi connectivity index (χ0n) is 13.3. The van der Waals surface area contributed by atoms with E-state index >= 15 is 0 Å². The lowest BCUT2D eigenvalue weighted by atomic mass is 9.96. The van der Waals surface area contributed by atoms with Gasteiger partial charge < -0.3 is 10.1 Å². The predicted molar refractivity (Wildman–Crippen MR) is 96.1 cm³/mol. The first-order valence-electron chi connectivity index (χ1n) is 8.23. The molecule has 1 aliphatic carbocycles. The molecule has 0 amide bonds. The molecule has 2 aromatic carbocycles. The molecule has 118 valence electrons. The Labute approximate surface area is 138 Å². The predicted octanol–water partition coefficient (Wildman–Crippen LogP) is 5.17. The molecular weight excluding hydrogens is 282 g/mol. The van der Waals surface area contributed by atoms with Crippen LogP contribution in [-0.2, 0) is 11.3 Å². The standard InChI is InChI=1S/C21H23NO/c1-3-8-19(9-4-1)17-23-21-13-7-10-18(16-21)14-15-22-20-11-5-2-6-12-20/h1-13,18,22H,14-17H2. The van der Waals surface area contributed by atoms with E-state index in [-0.39, 0.29) is 0 Å². The summed E-state index contributed by atoms with van der Waals surface area (Å²) >= 11 is 0. The minimum absolute atomic E-state index is 0.544. The van der Waals surface area contributed by atoms with Gasteiger partial charge in [0.1, 0.15) is 6.61 Å². The summed E-state index contributed by atoms with van der Waals surface area (Å²) in [6.07, 6.45) is 8.58. The zero-order valence-corrected chi connectivity index (χ0v) is 13.3. The monoisotopic (exact) mass is 305 g/mol. The van der Waals surface area contributed by atoms with Crippen molar-refractivity contribution in [3.8, 4) is 0 Å². The maximum atomic E-state index is 5.95. The molecule has 2 nitrogen and oxygen atoms in total. The molecule has 1 aliphatic rings. The van der Waals surface area contributed by atoms with E-state index < -0.39 is 0 Å². The molecule has 0 heterocycles. The van der Waals surface area contributed by atoms with E-state index in [0.717, 1.165) is 25.1 Å². The topological polar surface area (TPSA) is 21.3 Å². The van der Waals surface area contributed by atoms with Gasteiger partial charge in [-0.1, -0.05) is 60.7 Å². The van der Waals surface area contributed by atoms with Crippen molar-refractivity contribution in [1.82, 2.24) is 0 Å². The summed E-state index contributed by atoms with van der Waals surface area (Å²) < 4.78 is 5.95. The van der Waals surface area contributed by atoms with E-state index in [9.17, 15) is 0 Å². The summed E-state index contributed by atoms with van der Waals surface area (Å²) in [6, 6.07) is 20.7. The molecule has 2 aromatic rings. The highest BCUT2D eigenvalue weighted by Crippen LogP contribution is 2.23. The summed E-state index contributed by atoms with van der Waals surface area (Å²) in [5, 5.41) is 3.47. The van der Waals surface area contributed by atoms with Crippen LogP contribution in [0.4, 0.5) is 5.69 Å². The minimum Gasteiger partial charge on any atom is -0.493 e. The fraction of sp³-hybridized carbons (Fsp3) is 0.238. The molecule has 1 unspecified atom stereocenters. The van der Waals surface area contributed by atoms with Gasteiger partial charge in [-0.2, -0.15) is 0 Å². The number of rotatable bonds is 7. The van der Waals surface area contributed by atoms with Crippen molar-refractivity contribution >= 4 is 5.69 Å². The van der Waals surface area contributed by atoms with E-state index in [1.165, 1.54) is 11.3 Å². The molecule has 1 atom stereocenters. The molecule has 0 radical (unpaired) electrons. The second-order valence-electron chi connectivity index (χ2n) is 5.84. The van der Waals surface area contributed by atoms with Crippen molar-refractivity contribution in [2.24, 2.45) is 5.92 Å². The van der Waals surface area contributed by atoms with Gasteiger partial charge in [0.05, 0.1) is 5.76 Å². The summed E-state index contributed by atoms with van der Waals surface area (Å²) in [6.45, 7) is 1.63. The summed E-state index contributed by atoms with van der Waals surface area (Å²) in [7, 11) is 0. The second-order valence-corrected chi connectivity index (χ2v) is 5.84. The minimum atomic E-state index is 0.544. The van der Waals surface area contributed by atoms with Gasteiger partial charge in [-0.15, -0.1) is 0 Å². The van der Waals surface area contributed by atoms with Gasteiger partial charge in [0.25, 0.3) is 0 Å². The van der Waals surface area contributed by atoms with Crippen LogP contribution in [0.3, 0.4) is 0 Å². The van der Waals surface area contributed by atoms with E-state index in [1.807, 2.05) is 24.3 Å². The van der Waals surface area contributed by atoms with Crippen LogP contribution in [0.25, 0.3) is 0 Å². The zero-order chi connectivity index (χ0) is 15.7. The van der Waals surface area contributed by atoms with Crippen LogP contribution in [0.5, 0.6) is 0 Å². The average molecular weight is 305 g/mol. The van der Waals surface area contributed by atoms with Crippen LogP contribution < -0.4 is 5.32 Å². The van der Waals surface area contributed by atoms with E-state index in [4.69, 9.17) is 4.74 Å². The maximum Gasteiger partial charge on any atom is 0.113 e. The van der Waals surface area contributed by atoms with Crippen LogP contribution in [0.2, 0.25) is 0 Å². The van der Waals surface area contributed by atoms with Crippen molar-refractivity contribution in [1.29, 1.82) is 0 Å². The Morgan fingerprint density at radius 3 is 2.48 bits per heavy atom. The fourth-order valence-electron chi connectivity index (χ4n) is 2.73. The van der Waals surface area contributed by atoms with Gasteiger partial charge in [-0.25, -0.2) is 0 Å². The first kappa shape index (κ1) is 15.4. The second kappa shape index (κ2) is 8.23. The molecule has 23 heavy (non-hydrogen) atoms. The highest BCUT2D eigenvalue weighted by molar-refractivity contribution is 5.42. The first-order valence-corrected chi connectivity index (χ1v) is 8.23. The Morgan fingerprint density at radius 2 is 1.70 bits per heavy atom. The van der Waals surface area contributed by atoms with Crippen molar-refractivity contribution < 1.29 is 4.74 Å². The molecule has 0 bridgehead atoms. The van der Waals surface area contributed by atoms with Crippen LogP contribution in [0.1, 0.15) is 18.4 Å². The third kappa shape index (κ3) is 5.03. The largest absolute Gasteiger partial charge is 0.493 e. The summed E-state index contributed by atoms with van der Waals surface area (Å²) in [5.74, 6) is 1.63. The smallest absolute Gasteiger partial charge is 0.113 e. The Morgan fingerprint density at radius 1 is 0.957 bits per heavy atom. The Balaban J connectivity index is 1.41. The Kier molecular flexibility index (Phi) is 5.52. The molecule has 0 fully saturated rings. The number of para-hydroxylation sites is 1. The van der Waals surface area contributed by atoms with Crippen molar-refractivity contribution in [2.75, 3.05) is 11.9 Å². The van der Waals surface area contributed by atoms with Crippen LogP contribution in [-0.4, -0.2) is 6.54 Å². The lowest BCUT2D eigenvalue weighted by Gasteiger charge is -2.19. The Bertz CT molecular complexity index is 646. The molecule has 3 rings (SSSR count). The molecule has 0 aromatic heterocycles. The number of hydrogen-bond acceptors (Lipinski definition) is 2. The van der Waals surface area contributed by atoms with Crippen LogP contribution in [0.15, 0.2) is 84.7 Å². The molecule has 0 spiro atoms. The van der Waals surface area contributed by atoms with Crippen molar-refractivity contribution in [3.05, 3.63) is 90.2 Å². The van der Waals surface area contributed by atoms with Gasteiger partial charge >= 0.3 is 0 Å². The Hall–Kier alpha value is -2.48. The maximum absolute atomic E-state index is 5.95. The molecule has 2 heteroatoms. The molecule has 0 saturated heterocycles. The van der Waals surface area contributed by atoms with E-state index in [0.29, 0.717) is 12.5 Å². The van der Waals surface area contributed by atoms with Gasteiger partial charge in [0, 0.05) is 18.7 Å². The van der Waals surface area contributed by atoms with Gasteiger partial charge in [0.15, 0.2) is 0 Å². The SMILES string of the molecule is C1=CC(CCNc2ccccc2)CC(OCc2ccccc2)=C1. The number of nitrogens with one attached hydrogen (secondary N) is 1. The number of allylic oxidation sites excluding steroid dienone is 4. The van der Waals surface area contributed by atoms with E-state index in [2.05, 4.69) is 59.9 Å². The fourth-order valence-corrected chi connectivity index (χ4v) is 2.73. The quantitative estimate of drug-likeness (QED) is 0.762. The molecule has 0 aliphatic heterocycles. The highest BCUT2D eigenvalue weighted by Gasteiger charge is 2.12. The van der Waals surface area contributed by atoms with Gasteiger partial charge in [-0.05, 0) is 36.1 Å². The molecule has 1 N–H and O–H groups in total. The summed E-state index contributed by atoms with van der Waals surface area (Å²) in [5.41, 5.74) is 2.40. The molecule has 0 saturated carbocycles. The van der Waals surface area contributed by atoms with E-state index in [1.54, 1.807) is 0 Å². The third-order valence-corrected chi connectivity index (χ3v) is 4.01. The van der Waals surface area contributed by atoms with Gasteiger partial charge in [-0.3, -0.25) is 0 Å². The number of ether oxygens (including phenoxy) is 1. The normalized spacial score (nSPS) is 16.7. The molecular formula is C21H23NO. The summed E-state index contributed by atoms with van der Waals surface area (Å²) in [4.78, 5) is 0. The lowest BCUT2D eigenvalue weighted by Crippen LogP contribution is -2.11. The highest BCUT2D eigenvalue weighted by atomic mass is 16.5. The number of hydrogen-bond donors (Lipinski definition) is 1. The third-order valence-electron chi connectivity index (χ3n) is 4.01. The van der Waals surface area contributed by atoms with Crippen LogP contribution in [0, 0.1) is 5.92 Å². The lowest BCUT2D eigenvalue weighted by molar-refractivity contribution is 0.181. The average Bonchev–Trinajstić information content (AvgIpc) is 2.62. The number of anilines is 1. The first-order chi connectivity index (χ1) is 11.4. The number of benzene rings is 2. The van der Waals surface area contributed by atoms with Crippen molar-refractivity contribution in [2.45, 2.75) is 19.4 Å².